The Morgan fingerprint density at radius 3 is 1.64 bits per heavy atom. The van der Waals surface area contributed by atoms with E-state index >= 15 is 0 Å². The smallest absolute Gasteiger partial charge is 1.00 e. The van der Waals surface area contributed by atoms with E-state index in [-0.39, 0.29) is 63.4 Å². The van der Waals surface area contributed by atoms with Crippen LogP contribution in [0.15, 0.2) is 30.3 Å². The van der Waals surface area contributed by atoms with Crippen molar-refractivity contribution in [2.75, 3.05) is 0 Å². The standard InChI is InChI=1S/C11H11.C6H15P.3ClH.Zr/c1-8-6-7-9(2)11-5-3-4-10(8)11;1-5(2)7-6(3)4;;;;/h3-7H,1-2H3;5-7H,1-4H3;3*1H;/q-1;;;;;+4/p-3. The Kier molecular flexibility index (Phi) is 21.8. The molecule has 2 aromatic rings. The van der Waals surface area contributed by atoms with Gasteiger partial charge in [-0.25, -0.2) is 0 Å². The first-order chi connectivity index (χ1) is 8.41. The zero-order valence-corrected chi connectivity index (χ0v) is 19.9. The van der Waals surface area contributed by atoms with Gasteiger partial charge in [-0.05, 0) is 18.2 Å². The maximum Gasteiger partial charge on any atom is 4.00 e. The first-order valence-corrected chi connectivity index (χ1v) is 7.95. The number of rotatable bonds is 2. The molecule has 124 valence electrons. The SMILES string of the molecule is CC(C)PC(C)C.Cc1ccc(C)c2[cH-]ccc12.[Cl-].[Cl-].[Cl-].[Zr+4]. The molecule has 0 aliphatic carbocycles. The van der Waals surface area contributed by atoms with Gasteiger partial charge in [0.25, 0.3) is 0 Å². The number of benzene rings is 1. The first kappa shape index (κ1) is 30.8. The van der Waals surface area contributed by atoms with Crippen molar-refractivity contribution < 1.29 is 63.4 Å². The van der Waals surface area contributed by atoms with Crippen molar-refractivity contribution in [3.8, 4) is 0 Å². The van der Waals surface area contributed by atoms with Crippen LogP contribution < -0.4 is 37.2 Å². The quantitative estimate of drug-likeness (QED) is 0.326. The number of halogens is 3. The van der Waals surface area contributed by atoms with Crippen LogP contribution in [0.25, 0.3) is 10.8 Å². The fraction of sp³-hybridized carbons (Fsp3) is 0.471. The van der Waals surface area contributed by atoms with Crippen molar-refractivity contribution in [3.05, 3.63) is 41.5 Å². The molecule has 2 rings (SSSR count). The predicted molar refractivity (Wildman–Crippen MR) is 87.6 cm³/mol. The Hall–Kier alpha value is 1.01. The van der Waals surface area contributed by atoms with E-state index in [2.05, 4.69) is 71.9 Å². The molecular formula is C17H26Cl3PZr. The molecule has 0 heterocycles. The van der Waals surface area contributed by atoms with Gasteiger partial charge >= 0.3 is 26.2 Å². The monoisotopic (exact) mass is 456 g/mol. The summed E-state index contributed by atoms with van der Waals surface area (Å²) in [4.78, 5) is 0. The second-order valence-electron chi connectivity index (χ2n) is 5.53. The number of hydrogen-bond donors (Lipinski definition) is 0. The Balaban J connectivity index is -0.000000134. The summed E-state index contributed by atoms with van der Waals surface area (Å²) in [6.07, 6.45) is 0. The molecule has 0 aromatic heterocycles. The van der Waals surface area contributed by atoms with Crippen molar-refractivity contribution >= 4 is 19.4 Å². The summed E-state index contributed by atoms with van der Waals surface area (Å²) in [5.41, 5.74) is 4.55. The van der Waals surface area contributed by atoms with Crippen LogP contribution in [0.1, 0.15) is 38.8 Å². The van der Waals surface area contributed by atoms with Gasteiger partial charge in [-0.3, -0.25) is 0 Å². The Morgan fingerprint density at radius 2 is 1.27 bits per heavy atom. The molecule has 0 spiro atoms. The van der Waals surface area contributed by atoms with Gasteiger partial charge in [0, 0.05) is 0 Å². The molecule has 0 aliphatic rings. The van der Waals surface area contributed by atoms with Crippen molar-refractivity contribution in [3.63, 3.8) is 0 Å². The average molecular weight is 459 g/mol. The van der Waals surface area contributed by atoms with E-state index in [4.69, 9.17) is 0 Å². The maximum atomic E-state index is 2.28. The van der Waals surface area contributed by atoms with Crippen LogP contribution in [0.3, 0.4) is 0 Å². The number of fused-ring (bicyclic) bond motifs is 1. The Bertz CT molecular complexity index is 454. The second-order valence-corrected chi connectivity index (χ2v) is 8.17. The molecule has 0 atom stereocenters. The maximum absolute atomic E-state index is 2.28. The van der Waals surface area contributed by atoms with Gasteiger partial charge in [-0.1, -0.05) is 46.2 Å². The molecule has 0 aliphatic heterocycles. The molecule has 0 bridgehead atoms. The topological polar surface area (TPSA) is 0 Å². The van der Waals surface area contributed by atoms with Gasteiger partial charge in [0.05, 0.1) is 0 Å². The first-order valence-electron chi connectivity index (χ1n) is 6.79. The minimum atomic E-state index is 0. The largest absolute Gasteiger partial charge is 4.00 e. The van der Waals surface area contributed by atoms with E-state index in [0.29, 0.717) is 0 Å². The molecule has 22 heavy (non-hydrogen) atoms. The summed E-state index contributed by atoms with van der Waals surface area (Å²) in [5.74, 6) is 0. The molecule has 2 aromatic carbocycles. The third-order valence-corrected chi connectivity index (χ3v) is 4.25. The van der Waals surface area contributed by atoms with Crippen LogP contribution >= 0.6 is 8.58 Å². The van der Waals surface area contributed by atoms with Gasteiger partial charge < -0.3 is 37.2 Å². The van der Waals surface area contributed by atoms with E-state index in [1.165, 1.54) is 21.9 Å². The molecule has 0 amide bonds. The van der Waals surface area contributed by atoms with Crippen LogP contribution in [0.5, 0.6) is 0 Å². The van der Waals surface area contributed by atoms with Crippen LogP contribution in [-0.4, -0.2) is 11.3 Å². The van der Waals surface area contributed by atoms with Crippen LogP contribution in [0.2, 0.25) is 0 Å². The third kappa shape index (κ3) is 10.7. The fourth-order valence-corrected chi connectivity index (χ4v) is 3.54. The molecule has 0 radical (unpaired) electrons. The molecule has 0 saturated carbocycles. The third-order valence-electron chi connectivity index (χ3n) is 2.92. The zero-order valence-electron chi connectivity index (χ0n) is 14.2. The summed E-state index contributed by atoms with van der Waals surface area (Å²) < 4.78 is 0. The van der Waals surface area contributed by atoms with Crippen LogP contribution in [0, 0.1) is 13.8 Å². The average Bonchev–Trinajstić information content (AvgIpc) is 2.72. The van der Waals surface area contributed by atoms with Crippen molar-refractivity contribution in [2.45, 2.75) is 52.9 Å². The normalized spacial score (nSPS) is 8.91. The number of aryl methyl sites for hydroxylation is 2. The Labute approximate surface area is 176 Å². The van der Waals surface area contributed by atoms with Gasteiger partial charge in [0.2, 0.25) is 0 Å². The van der Waals surface area contributed by atoms with Crippen LogP contribution in [0.4, 0.5) is 0 Å². The van der Waals surface area contributed by atoms with E-state index in [1.807, 2.05) is 0 Å². The summed E-state index contributed by atoms with van der Waals surface area (Å²) >= 11 is 0. The minimum Gasteiger partial charge on any atom is -1.00 e. The van der Waals surface area contributed by atoms with E-state index in [0.717, 1.165) is 19.9 Å². The van der Waals surface area contributed by atoms with Crippen molar-refractivity contribution in [1.29, 1.82) is 0 Å². The fourth-order valence-electron chi connectivity index (χ4n) is 2.20. The van der Waals surface area contributed by atoms with Gasteiger partial charge in [0.15, 0.2) is 0 Å². The van der Waals surface area contributed by atoms with E-state index < -0.39 is 0 Å². The summed E-state index contributed by atoms with van der Waals surface area (Å²) in [6, 6.07) is 10.8. The van der Waals surface area contributed by atoms with E-state index in [9.17, 15) is 0 Å². The minimum absolute atomic E-state index is 0. The second kappa shape index (κ2) is 15.5. The van der Waals surface area contributed by atoms with Crippen LogP contribution in [-0.2, 0) is 26.2 Å². The molecule has 0 N–H and O–H groups in total. The molecule has 0 saturated heterocycles. The number of hydrogen-bond acceptors (Lipinski definition) is 0. The summed E-state index contributed by atoms with van der Waals surface area (Å²) in [6.45, 7) is 13.4. The predicted octanol–water partition coefficient (Wildman–Crippen LogP) is -3.33. The van der Waals surface area contributed by atoms with Gasteiger partial charge in [-0.2, -0.15) is 12.1 Å². The molecule has 0 unspecified atom stereocenters. The molecule has 0 fully saturated rings. The van der Waals surface area contributed by atoms with Gasteiger partial charge in [0.1, 0.15) is 0 Å². The summed E-state index contributed by atoms with van der Waals surface area (Å²) in [5, 5.41) is 2.79. The molecule has 0 nitrogen and oxygen atoms in total. The summed E-state index contributed by atoms with van der Waals surface area (Å²) in [7, 11) is 1.15. The van der Waals surface area contributed by atoms with E-state index in [1.54, 1.807) is 0 Å². The molecular weight excluding hydrogens is 433 g/mol. The zero-order chi connectivity index (χ0) is 13.7. The Morgan fingerprint density at radius 1 is 0.818 bits per heavy atom. The van der Waals surface area contributed by atoms with Gasteiger partial charge in [-0.15, -0.1) is 37.0 Å². The molecule has 5 heteroatoms. The van der Waals surface area contributed by atoms with Crippen molar-refractivity contribution in [1.82, 2.24) is 0 Å². The van der Waals surface area contributed by atoms with Crippen molar-refractivity contribution in [2.24, 2.45) is 0 Å².